The quantitative estimate of drug-likeness (QED) is 0.321. The molecule has 1 aromatic carbocycles. The maximum atomic E-state index is 10.8. The van der Waals surface area contributed by atoms with Gasteiger partial charge in [0, 0.05) is 12.0 Å². The van der Waals surface area contributed by atoms with Gasteiger partial charge in [-0.05, 0) is 17.7 Å². The zero-order valence-electron chi connectivity index (χ0n) is 7.00. The van der Waals surface area contributed by atoms with Crippen LogP contribution in [0.3, 0.4) is 0 Å². The largest absolute Gasteiger partial charge is 0.423 e. The number of benzene rings is 1. The summed E-state index contributed by atoms with van der Waals surface area (Å²) >= 11 is 5.59. The van der Waals surface area contributed by atoms with E-state index in [9.17, 15) is 4.79 Å². The summed E-state index contributed by atoms with van der Waals surface area (Å²) in [4.78, 5) is 10.8. The molecular formula is C10H9ClO2. The molecule has 1 rings (SSSR count). The van der Waals surface area contributed by atoms with Crippen LogP contribution in [0, 0.1) is 0 Å². The summed E-state index contributed by atoms with van der Waals surface area (Å²) in [5.41, 5.74) is 0.986. The molecule has 13 heavy (non-hydrogen) atoms. The summed E-state index contributed by atoms with van der Waals surface area (Å²) in [6.07, 6.45) is 1.12. The van der Waals surface area contributed by atoms with Crippen molar-refractivity contribution in [3.63, 3.8) is 0 Å². The minimum Gasteiger partial charge on any atom is -0.423 e. The molecule has 0 radical (unpaired) electrons. The topological polar surface area (TPSA) is 26.3 Å². The van der Waals surface area contributed by atoms with Crippen LogP contribution in [-0.2, 0) is 10.7 Å². The summed E-state index contributed by atoms with van der Waals surface area (Å²) in [5, 5.41) is 0. The van der Waals surface area contributed by atoms with Gasteiger partial charge in [0.1, 0.15) is 5.75 Å². The lowest BCUT2D eigenvalue weighted by atomic mass is 10.2. The fraction of sp³-hybridized carbons (Fsp3) is 0.100. The van der Waals surface area contributed by atoms with Crippen molar-refractivity contribution < 1.29 is 9.53 Å². The summed E-state index contributed by atoms with van der Waals surface area (Å²) in [5.74, 6) is 0.493. The molecule has 0 saturated carbocycles. The van der Waals surface area contributed by atoms with Crippen molar-refractivity contribution in [2.24, 2.45) is 0 Å². The van der Waals surface area contributed by atoms with Crippen LogP contribution in [0.25, 0.3) is 0 Å². The molecule has 0 saturated heterocycles. The predicted molar refractivity (Wildman–Crippen MR) is 51.8 cm³/mol. The average Bonchev–Trinajstić information content (AvgIpc) is 2.19. The van der Waals surface area contributed by atoms with Crippen LogP contribution in [0.2, 0.25) is 0 Å². The highest BCUT2D eigenvalue weighted by Gasteiger charge is 1.98. The molecule has 0 aliphatic rings. The summed E-state index contributed by atoms with van der Waals surface area (Å²) < 4.78 is 4.86. The lowest BCUT2D eigenvalue weighted by Crippen LogP contribution is -2.02. The van der Waals surface area contributed by atoms with Crippen molar-refractivity contribution in [3.05, 3.63) is 42.5 Å². The van der Waals surface area contributed by atoms with Gasteiger partial charge in [0.15, 0.2) is 0 Å². The Hall–Kier alpha value is -1.28. The lowest BCUT2D eigenvalue weighted by molar-refractivity contribution is -0.128. The van der Waals surface area contributed by atoms with Crippen molar-refractivity contribution in [3.8, 4) is 5.75 Å². The maximum Gasteiger partial charge on any atom is 0.335 e. The summed E-state index contributed by atoms with van der Waals surface area (Å²) in [6, 6.07) is 7.00. The zero-order chi connectivity index (χ0) is 9.68. The van der Waals surface area contributed by atoms with Gasteiger partial charge in [-0.1, -0.05) is 18.7 Å². The van der Waals surface area contributed by atoms with E-state index in [0.717, 1.165) is 11.6 Å². The van der Waals surface area contributed by atoms with Gasteiger partial charge in [-0.2, -0.15) is 0 Å². The summed E-state index contributed by atoms with van der Waals surface area (Å²) in [6.45, 7) is 3.29. The van der Waals surface area contributed by atoms with Crippen LogP contribution in [0.4, 0.5) is 0 Å². The Labute approximate surface area is 81.8 Å². The van der Waals surface area contributed by atoms with Crippen LogP contribution in [-0.4, -0.2) is 5.97 Å². The van der Waals surface area contributed by atoms with Gasteiger partial charge in [0.25, 0.3) is 0 Å². The van der Waals surface area contributed by atoms with Gasteiger partial charge in [0.2, 0.25) is 0 Å². The fourth-order valence-corrected chi connectivity index (χ4v) is 0.983. The SMILES string of the molecule is C=CC(=O)Oc1ccc(CCl)cc1. The average molecular weight is 197 g/mol. The van der Waals surface area contributed by atoms with E-state index in [1.54, 1.807) is 24.3 Å². The van der Waals surface area contributed by atoms with Gasteiger partial charge in [-0.25, -0.2) is 4.79 Å². The van der Waals surface area contributed by atoms with Gasteiger partial charge in [0.05, 0.1) is 0 Å². The number of hydrogen-bond acceptors (Lipinski definition) is 2. The molecule has 0 aliphatic carbocycles. The number of carbonyl (C=O) groups excluding carboxylic acids is 1. The van der Waals surface area contributed by atoms with Crippen molar-refractivity contribution in [2.45, 2.75) is 5.88 Å². The monoisotopic (exact) mass is 196 g/mol. The van der Waals surface area contributed by atoms with E-state index in [-0.39, 0.29) is 0 Å². The van der Waals surface area contributed by atoms with Crippen LogP contribution in [0.1, 0.15) is 5.56 Å². The van der Waals surface area contributed by atoms with Crippen LogP contribution < -0.4 is 4.74 Å². The highest BCUT2D eigenvalue weighted by atomic mass is 35.5. The Kier molecular flexibility index (Phi) is 3.53. The molecule has 1 aromatic rings. The minimum absolute atomic E-state index is 0.454. The second-order valence-electron chi connectivity index (χ2n) is 2.40. The lowest BCUT2D eigenvalue weighted by Gasteiger charge is -2.01. The third-order valence-corrected chi connectivity index (χ3v) is 1.77. The Morgan fingerprint density at radius 1 is 1.46 bits per heavy atom. The molecule has 0 aliphatic heterocycles. The van der Waals surface area contributed by atoms with E-state index in [1.807, 2.05) is 0 Å². The molecule has 3 heteroatoms. The number of ether oxygens (including phenoxy) is 1. The standard InChI is InChI=1S/C10H9ClO2/c1-2-10(12)13-9-5-3-8(7-11)4-6-9/h2-6H,1,7H2. The van der Waals surface area contributed by atoms with Crippen LogP contribution in [0.5, 0.6) is 5.75 Å². The minimum atomic E-state index is -0.460. The number of esters is 1. The molecule has 0 spiro atoms. The number of hydrogen-bond donors (Lipinski definition) is 0. The molecule has 0 amide bonds. The number of carbonyl (C=O) groups is 1. The number of rotatable bonds is 3. The van der Waals surface area contributed by atoms with Crippen molar-refractivity contribution >= 4 is 17.6 Å². The molecule has 0 N–H and O–H groups in total. The maximum absolute atomic E-state index is 10.8. The number of alkyl halides is 1. The van der Waals surface area contributed by atoms with Crippen LogP contribution >= 0.6 is 11.6 Å². The van der Waals surface area contributed by atoms with E-state index in [1.165, 1.54) is 0 Å². The highest BCUT2D eigenvalue weighted by Crippen LogP contribution is 2.13. The first kappa shape index (κ1) is 9.81. The van der Waals surface area contributed by atoms with Crippen molar-refractivity contribution in [1.29, 1.82) is 0 Å². The van der Waals surface area contributed by atoms with E-state index in [0.29, 0.717) is 11.6 Å². The van der Waals surface area contributed by atoms with Gasteiger partial charge in [-0.3, -0.25) is 0 Å². The van der Waals surface area contributed by atoms with Gasteiger partial charge >= 0.3 is 5.97 Å². The first-order chi connectivity index (χ1) is 6.26. The van der Waals surface area contributed by atoms with E-state index in [2.05, 4.69) is 6.58 Å². The molecule has 0 atom stereocenters. The smallest absolute Gasteiger partial charge is 0.335 e. The third kappa shape index (κ3) is 2.92. The molecule has 68 valence electrons. The summed E-state index contributed by atoms with van der Waals surface area (Å²) in [7, 11) is 0. The molecule has 2 nitrogen and oxygen atoms in total. The fourth-order valence-electron chi connectivity index (χ4n) is 0.804. The number of halogens is 1. The van der Waals surface area contributed by atoms with E-state index in [4.69, 9.17) is 16.3 Å². The molecule has 0 unspecified atom stereocenters. The van der Waals surface area contributed by atoms with E-state index >= 15 is 0 Å². The highest BCUT2D eigenvalue weighted by molar-refractivity contribution is 6.17. The first-order valence-corrected chi connectivity index (χ1v) is 4.29. The molecule has 0 fully saturated rings. The molecule has 0 heterocycles. The molecular weight excluding hydrogens is 188 g/mol. The molecule has 0 bridgehead atoms. The zero-order valence-corrected chi connectivity index (χ0v) is 7.75. The predicted octanol–water partition coefficient (Wildman–Crippen LogP) is 2.52. The van der Waals surface area contributed by atoms with Crippen molar-refractivity contribution in [1.82, 2.24) is 0 Å². The normalized spacial score (nSPS) is 9.31. The second kappa shape index (κ2) is 4.67. The Morgan fingerprint density at radius 3 is 2.54 bits per heavy atom. The van der Waals surface area contributed by atoms with Gasteiger partial charge in [-0.15, -0.1) is 11.6 Å². The first-order valence-electron chi connectivity index (χ1n) is 3.75. The Bertz CT molecular complexity index is 303. The Morgan fingerprint density at radius 2 is 2.08 bits per heavy atom. The van der Waals surface area contributed by atoms with Crippen molar-refractivity contribution in [2.75, 3.05) is 0 Å². The molecule has 0 aromatic heterocycles. The van der Waals surface area contributed by atoms with Crippen LogP contribution in [0.15, 0.2) is 36.9 Å². The second-order valence-corrected chi connectivity index (χ2v) is 2.67. The Balaban J connectivity index is 2.69. The third-order valence-electron chi connectivity index (χ3n) is 1.46. The van der Waals surface area contributed by atoms with E-state index < -0.39 is 5.97 Å². The van der Waals surface area contributed by atoms with Gasteiger partial charge < -0.3 is 4.74 Å².